The first-order valence-electron chi connectivity index (χ1n) is 6.85. The molecule has 1 aromatic rings. The zero-order chi connectivity index (χ0) is 15.7. The van der Waals surface area contributed by atoms with Gasteiger partial charge in [0.15, 0.2) is 5.96 Å². The van der Waals surface area contributed by atoms with E-state index < -0.39 is 0 Å². The summed E-state index contributed by atoms with van der Waals surface area (Å²) in [4.78, 5) is 4.15. The van der Waals surface area contributed by atoms with E-state index in [0.29, 0.717) is 24.7 Å². The van der Waals surface area contributed by atoms with Crippen molar-refractivity contribution in [3.8, 4) is 5.75 Å². The fourth-order valence-electron chi connectivity index (χ4n) is 1.46. The van der Waals surface area contributed by atoms with Crippen molar-refractivity contribution >= 4 is 41.5 Å². The van der Waals surface area contributed by atoms with E-state index in [1.54, 1.807) is 26.3 Å². The molecule has 5 nitrogen and oxygen atoms in total. The Hall–Kier alpha value is -0.730. The molecule has 0 fully saturated rings. The number of hydrogen-bond donors (Lipinski definition) is 2. The number of guanidine groups is 1. The Morgan fingerprint density at radius 1 is 1.23 bits per heavy atom. The Morgan fingerprint density at radius 2 is 1.86 bits per heavy atom. The summed E-state index contributed by atoms with van der Waals surface area (Å²) in [5.41, 5.74) is -0.239. The first-order chi connectivity index (χ1) is 9.96. The molecule has 0 aliphatic carbocycles. The first kappa shape index (κ1) is 21.3. The Kier molecular flexibility index (Phi) is 10.5. The summed E-state index contributed by atoms with van der Waals surface area (Å²) >= 11 is 5.81. The maximum absolute atomic E-state index is 5.81. The van der Waals surface area contributed by atoms with Crippen LogP contribution in [0.3, 0.4) is 0 Å². The summed E-state index contributed by atoms with van der Waals surface area (Å²) < 4.78 is 10.9. The second-order valence-electron chi connectivity index (χ2n) is 5.12. The lowest BCUT2D eigenvalue weighted by Crippen LogP contribution is -2.46. The molecule has 7 heteroatoms. The van der Waals surface area contributed by atoms with Gasteiger partial charge in [0.2, 0.25) is 0 Å². The zero-order valence-electron chi connectivity index (χ0n) is 13.5. The van der Waals surface area contributed by atoms with Gasteiger partial charge in [-0.05, 0) is 38.1 Å². The molecule has 0 bridgehead atoms. The van der Waals surface area contributed by atoms with E-state index in [0.717, 1.165) is 11.7 Å². The molecule has 0 unspecified atom stereocenters. The number of nitrogens with zero attached hydrogens (tertiary/aromatic N) is 1. The summed E-state index contributed by atoms with van der Waals surface area (Å²) in [6.07, 6.45) is 0. The average Bonchev–Trinajstić information content (AvgIpc) is 2.48. The van der Waals surface area contributed by atoms with Gasteiger partial charge in [-0.25, -0.2) is 0 Å². The Labute approximate surface area is 154 Å². The van der Waals surface area contributed by atoms with Crippen LogP contribution in [-0.4, -0.2) is 45.4 Å². The molecule has 0 aliphatic heterocycles. The van der Waals surface area contributed by atoms with Gasteiger partial charge in [0.25, 0.3) is 0 Å². The maximum atomic E-state index is 5.81. The van der Waals surface area contributed by atoms with Crippen LogP contribution in [0.15, 0.2) is 29.3 Å². The highest BCUT2D eigenvalue weighted by molar-refractivity contribution is 14.0. The lowest BCUT2D eigenvalue weighted by Gasteiger charge is -2.24. The number of methoxy groups -OCH3 is 1. The minimum atomic E-state index is -0.239. The smallest absolute Gasteiger partial charge is 0.191 e. The molecule has 0 saturated heterocycles. The number of halogens is 2. The van der Waals surface area contributed by atoms with E-state index in [1.165, 1.54) is 0 Å². The molecule has 1 rings (SSSR count). The summed E-state index contributed by atoms with van der Waals surface area (Å²) in [5.74, 6) is 1.52. The summed E-state index contributed by atoms with van der Waals surface area (Å²) in [5, 5.41) is 7.09. The minimum Gasteiger partial charge on any atom is -0.492 e. The van der Waals surface area contributed by atoms with Gasteiger partial charge in [0.1, 0.15) is 12.4 Å². The molecule has 2 N–H and O–H groups in total. The highest BCUT2D eigenvalue weighted by atomic mass is 127. The SMILES string of the molecule is CN=C(NCCOc1ccc(Cl)cc1)NCC(C)(C)OC.I. The van der Waals surface area contributed by atoms with Crippen molar-refractivity contribution in [3.63, 3.8) is 0 Å². The number of nitrogens with one attached hydrogen (secondary N) is 2. The second kappa shape index (κ2) is 10.9. The molecular formula is C15H25ClIN3O2. The third-order valence-corrected chi connectivity index (χ3v) is 3.19. The molecule has 0 aliphatic rings. The molecule has 1 aromatic carbocycles. The van der Waals surface area contributed by atoms with Crippen LogP contribution in [-0.2, 0) is 4.74 Å². The lowest BCUT2D eigenvalue weighted by molar-refractivity contribution is 0.0268. The number of aliphatic imine (C=N–C) groups is 1. The molecule has 22 heavy (non-hydrogen) atoms. The standard InChI is InChI=1S/C15H24ClN3O2.HI/c1-15(2,20-4)11-19-14(17-3)18-9-10-21-13-7-5-12(16)6-8-13;/h5-8H,9-11H2,1-4H3,(H2,17,18,19);1H. The van der Waals surface area contributed by atoms with Crippen molar-refractivity contribution in [1.29, 1.82) is 0 Å². The Morgan fingerprint density at radius 3 is 2.41 bits per heavy atom. The second-order valence-corrected chi connectivity index (χ2v) is 5.56. The number of ether oxygens (including phenoxy) is 2. The predicted octanol–water partition coefficient (Wildman–Crippen LogP) is 2.93. The number of benzene rings is 1. The topological polar surface area (TPSA) is 54.9 Å². The summed E-state index contributed by atoms with van der Waals surface area (Å²) in [7, 11) is 3.42. The molecule has 0 heterocycles. The molecule has 0 radical (unpaired) electrons. The predicted molar refractivity (Wildman–Crippen MR) is 103 cm³/mol. The molecule has 0 atom stereocenters. The van der Waals surface area contributed by atoms with E-state index in [9.17, 15) is 0 Å². The van der Waals surface area contributed by atoms with Crippen LogP contribution in [0.4, 0.5) is 0 Å². The van der Waals surface area contributed by atoms with Crippen molar-refractivity contribution in [2.45, 2.75) is 19.4 Å². The highest BCUT2D eigenvalue weighted by Gasteiger charge is 2.16. The molecule has 0 aromatic heterocycles. The van der Waals surface area contributed by atoms with Crippen molar-refractivity contribution in [2.75, 3.05) is 33.9 Å². The quantitative estimate of drug-likeness (QED) is 0.296. The fraction of sp³-hybridized carbons (Fsp3) is 0.533. The number of hydrogen-bond acceptors (Lipinski definition) is 3. The van der Waals surface area contributed by atoms with Crippen molar-refractivity contribution in [3.05, 3.63) is 29.3 Å². The van der Waals surface area contributed by atoms with E-state index in [2.05, 4.69) is 15.6 Å². The highest BCUT2D eigenvalue weighted by Crippen LogP contribution is 2.15. The Bertz CT molecular complexity index is 453. The summed E-state index contributed by atoms with van der Waals surface area (Å²) in [6.45, 7) is 5.88. The van der Waals surface area contributed by atoms with Crippen LogP contribution in [0.25, 0.3) is 0 Å². The first-order valence-corrected chi connectivity index (χ1v) is 7.22. The number of rotatable bonds is 7. The zero-order valence-corrected chi connectivity index (χ0v) is 16.6. The van der Waals surface area contributed by atoms with Gasteiger partial charge < -0.3 is 20.1 Å². The third-order valence-electron chi connectivity index (χ3n) is 2.93. The lowest BCUT2D eigenvalue weighted by atomic mass is 10.1. The van der Waals surface area contributed by atoms with Crippen molar-refractivity contribution < 1.29 is 9.47 Å². The summed E-state index contributed by atoms with van der Waals surface area (Å²) in [6, 6.07) is 7.29. The van der Waals surface area contributed by atoms with Gasteiger partial charge in [-0.3, -0.25) is 4.99 Å². The largest absolute Gasteiger partial charge is 0.492 e. The van der Waals surface area contributed by atoms with Gasteiger partial charge in [0, 0.05) is 25.7 Å². The molecule has 126 valence electrons. The van der Waals surface area contributed by atoms with Crippen molar-refractivity contribution in [1.82, 2.24) is 10.6 Å². The van der Waals surface area contributed by atoms with Crippen LogP contribution in [0, 0.1) is 0 Å². The van der Waals surface area contributed by atoms with Gasteiger partial charge in [-0.15, -0.1) is 24.0 Å². The molecular weight excluding hydrogens is 417 g/mol. The fourth-order valence-corrected chi connectivity index (χ4v) is 1.58. The van der Waals surface area contributed by atoms with Gasteiger partial charge in [0.05, 0.1) is 12.1 Å². The third kappa shape index (κ3) is 8.65. The maximum Gasteiger partial charge on any atom is 0.191 e. The van der Waals surface area contributed by atoms with Crippen LogP contribution < -0.4 is 15.4 Å². The molecule has 0 amide bonds. The van der Waals surface area contributed by atoms with Crippen LogP contribution >= 0.6 is 35.6 Å². The van der Waals surface area contributed by atoms with E-state index in [1.807, 2.05) is 26.0 Å². The van der Waals surface area contributed by atoms with Crippen LogP contribution in [0.1, 0.15) is 13.8 Å². The van der Waals surface area contributed by atoms with Crippen LogP contribution in [0.2, 0.25) is 5.02 Å². The Balaban J connectivity index is 0.00000441. The van der Waals surface area contributed by atoms with Gasteiger partial charge in [-0.2, -0.15) is 0 Å². The minimum absolute atomic E-state index is 0. The molecule has 0 saturated carbocycles. The van der Waals surface area contributed by atoms with E-state index in [4.69, 9.17) is 21.1 Å². The van der Waals surface area contributed by atoms with Gasteiger partial charge >= 0.3 is 0 Å². The average molecular weight is 442 g/mol. The van der Waals surface area contributed by atoms with Crippen LogP contribution in [0.5, 0.6) is 5.75 Å². The monoisotopic (exact) mass is 441 g/mol. The van der Waals surface area contributed by atoms with Crippen molar-refractivity contribution in [2.24, 2.45) is 4.99 Å². The van der Waals surface area contributed by atoms with E-state index >= 15 is 0 Å². The van der Waals surface area contributed by atoms with Gasteiger partial charge in [-0.1, -0.05) is 11.6 Å². The molecule has 0 spiro atoms. The van der Waals surface area contributed by atoms with E-state index in [-0.39, 0.29) is 29.6 Å². The normalized spacial score (nSPS) is 11.6.